The summed E-state index contributed by atoms with van der Waals surface area (Å²) in [4.78, 5) is 12.8. The molecule has 5 nitrogen and oxygen atoms in total. The topological polar surface area (TPSA) is 66.5 Å². The molecular formula is C19H21ClN2O3S. The molecule has 1 aliphatic heterocycles. The van der Waals surface area contributed by atoms with Crippen LogP contribution in [-0.2, 0) is 14.8 Å². The summed E-state index contributed by atoms with van der Waals surface area (Å²) in [7, 11) is -3.63. The summed E-state index contributed by atoms with van der Waals surface area (Å²) in [5.74, 6) is -0.516. The summed E-state index contributed by atoms with van der Waals surface area (Å²) >= 11 is 5.84. The van der Waals surface area contributed by atoms with Crippen LogP contribution in [0.5, 0.6) is 0 Å². The third-order valence-corrected chi connectivity index (χ3v) is 6.62. The van der Waals surface area contributed by atoms with Gasteiger partial charge in [0.1, 0.15) is 0 Å². The second kappa shape index (κ2) is 7.78. The van der Waals surface area contributed by atoms with Crippen LogP contribution in [0.2, 0.25) is 5.02 Å². The maximum Gasteiger partial charge on any atom is 0.243 e. The van der Waals surface area contributed by atoms with Gasteiger partial charge < -0.3 is 5.32 Å². The molecule has 3 rings (SSSR count). The van der Waals surface area contributed by atoms with Gasteiger partial charge in [-0.2, -0.15) is 4.31 Å². The van der Waals surface area contributed by atoms with Gasteiger partial charge in [0.25, 0.3) is 0 Å². The third kappa shape index (κ3) is 4.26. The number of amides is 1. The largest absolute Gasteiger partial charge is 0.326 e. The highest BCUT2D eigenvalue weighted by Gasteiger charge is 2.33. The maximum atomic E-state index is 12.8. The number of halogens is 1. The number of carbonyl (C=O) groups is 1. The molecule has 1 heterocycles. The second-order valence-corrected chi connectivity index (χ2v) is 8.89. The molecule has 2 aromatic rings. The summed E-state index contributed by atoms with van der Waals surface area (Å²) < 4.78 is 27.0. The molecule has 138 valence electrons. The molecule has 1 fully saturated rings. The van der Waals surface area contributed by atoms with Gasteiger partial charge in [-0.25, -0.2) is 8.42 Å². The van der Waals surface area contributed by atoms with E-state index in [1.165, 1.54) is 16.4 Å². The average molecular weight is 393 g/mol. The predicted molar refractivity (Wildman–Crippen MR) is 103 cm³/mol. The second-order valence-electron chi connectivity index (χ2n) is 6.51. The zero-order valence-corrected chi connectivity index (χ0v) is 16.1. The molecule has 2 aromatic carbocycles. The molecule has 1 N–H and O–H groups in total. The smallest absolute Gasteiger partial charge is 0.243 e. The first kappa shape index (κ1) is 18.9. The number of rotatable bonds is 4. The number of anilines is 1. The van der Waals surface area contributed by atoms with Gasteiger partial charge in [0.15, 0.2) is 0 Å². The Hall–Kier alpha value is -1.89. The number of hydrogen-bond acceptors (Lipinski definition) is 3. The van der Waals surface area contributed by atoms with E-state index in [-0.39, 0.29) is 23.3 Å². The molecule has 1 unspecified atom stereocenters. The van der Waals surface area contributed by atoms with Crippen molar-refractivity contribution in [3.63, 3.8) is 0 Å². The first-order valence-electron chi connectivity index (χ1n) is 8.49. The van der Waals surface area contributed by atoms with E-state index in [1.807, 2.05) is 31.2 Å². The molecule has 0 saturated carbocycles. The first-order valence-corrected chi connectivity index (χ1v) is 10.3. The van der Waals surface area contributed by atoms with Gasteiger partial charge in [0.2, 0.25) is 15.9 Å². The van der Waals surface area contributed by atoms with Crippen LogP contribution in [0.1, 0.15) is 18.4 Å². The predicted octanol–water partition coefficient (Wildman–Crippen LogP) is 3.69. The van der Waals surface area contributed by atoms with E-state index in [9.17, 15) is 13.2 Å². The number of nitrogens with one attached hydrogen (secondary N) is 1. The van der Waals surface area contributed by atoms with Crippen molar-refractivity contribution in [2.24, 2.45) is 5.92 Å². The average Bonchev–Trinajstić information content (AvgIpc) is 2.62. The van der Waals surface area contributed by atoms with E-state index in [4.69, 9.17) is 11.6 Å². The van der Waals surface area contributed by atoms with Crippen LogP contribution < -0.4 is 5.32 Å². The lowest BCUT2D eigenvalue weighted by Gasteiger charge is -2.31. The fourth-order valence-electron chi connectivity index (χ4n) is 3.10. The highest BCUT2D eigenvalue weighted by atomic mass is 35.5. The van der Waals surface area contributed by atoms with Gasteiger partial charge in [-0.3, -0.25) is 4.79 Å². The number of benzene rings is 2. The zero-order chi connectivity index (χ0) is 18.7. The molecule has 1 aliphatic rings. The molecule has 0 spiro atoms. The number of carbonyl (C=O) groups excluding carboxylic acids is 1. The molecule has 26 heavy (non-hydrogen) atoms. The lowest BCUT2D eigenvalue weighted by atomic mass is 9.98. The summed E-state index contributed by atoms with van der Waals surface area (Å²) in [5.41, 5.74) is 1.78. The Morgan fingerprint density at radius 2 is 1.92 bits per heavy atom. The van der Waals surface area contributed by atoms with Crippen molar-refractivity contribution in [1.82, 2.24) is 4.31 Å². The van der Waals surface area contributed by atoms with Crippen LogP contribution in [0.4, 0.5) is 5.69 Å². The standard InChI is InChI=1S/C19H21ClN2O3S/c1-14-4-2-6-17(12-14)21-19(23)15-5-3-11-22(13-15)26(24,25)18-9-7-16(20)8-10-18/h2,4,6-10,12,15H,3,5,11,13H2,1H3,(H,21,23). The molecule has 0 radical (unpaired) electrons. The van der Waals surface area contributed by atoms with Crippen molar-refractivity contribution in [2.75, 3.05) is 18.4 Å². The fraction of sp³-hybridized carbons (Fsp3) is 0.316. The Morgan fingerprint density at radius 3 is 2.62 bits per heavy atom. The minimum atomic E-state index is -3.63. The third-order valence-electron chi connectivity index (χ3n) is 4.49. The van der Waals surface area contributed by atoms with E-state index in [2.05, 4.69) is 5.32 Å². The van der Waals surface area contributed by atoms with Crippen LogP contribution in [-0.4, -0.2) is 31.7 Å². The highest BCUT2D eigenvalue weighted by molar-refractivity contribution is 7.89. The summed E-state index contributed by atoms with van der Waals surface area (Å²) in [5, 5.41) is 3.38. The number of piperidine rings is 1. The van der Waals surface area contributed by atoms with Crippen molar-refractivity contribution in [3.05, 3.63) is 59.1 Å². The minimum Gasteiger partial charge on any atom is -0.326 e. The quantitative estimate of drug-likeness (QED) is 0.862. The van der Waals surface area contributed by atoms with Gasteiger partial charge in [0, 0.05) is 23.8 Å². The Kier molecular flexibility index (Phi) is 5.65. The number of aryl methyl sites for hydroxylation is 1. The van der Waals surface area contributed by atoms with Crippen molar-refractivity contribution < 1.29 is 13.2 Å². The first-order chi connectivity index (χ1) is 12.4. The molecule has 0 aromatic heterocycles. The molecule has 7 heteroatoms. The molecule has 1 amide bonds. The lowest BCUT2D eigenvalue weighted by molar-refractivity contribution is -0.120. The van der Waals surface area contributed by atoms with E-state index >= 15 is 0 Å². The summed E-state index contributed by atoms with van der Waals surface area (Å²) in [6.07, 6.45) is 1.32. The van der Waals surface area contributed by atoms with Gasteiger partial charge in [-0.15, -0.1) is 0 Å². The van der Waals surface area contributed by atoms with Crippen molar-refractivity contribution >= 4 is 33.2 Å². The van der Waals surface area contributed by atoms with E-state index in [0.29, 0.717) is 24.4 Å². The molecule has 1 atom stereocenters. The van der Waals surface area contributed by atoms with Crippen LogP contribution >= 0.6 is 11.6 Å². The summed E-state index contributed by atoms with van der Waals surface area (Å²) in [6, 6.07) is 13.7. The van der Waals surface area contributed by atoms with Crippen LogP contribution in [0, 0.1) is 12.8 Å². The Balaban J connectivity index is 1.72. The SMILES string of the molecule is Cc1cccc(NC(=O)C2CCCN(S(=O)(=O)c3ccc(Cl)cc3)C2)c1. The Morgan fingerprint density at radius 1 is 1.19 bits per heavy atom. The van der Waals surface area contributed by atoms with Crippen molar-refractivity contribution in [3.8, 4) is 0 Å². The molecular weight excluding hydrogens is 372 g/mol. The minimum absolute atomic E-state index is 0.147. The van der Waals surface area contributed by atoms with Crippen molar-refractivity contribution in [1.29, 1.82) is 0 Å². The normalized spacial score (nSPS) is 18.5. The Labute approximate surface area is 159 Å². The lowest BCUT2D eigenvalue weighted by Crippen LogP contribution is -2.43. The van der Waals surface area contributed by atoms with Gasteiger partial charge in [-0.05, 0) is 61.7 Å². The molecule has 1 saturated heterocycles. The van der Waals surface area contributed by atoms with E-state index in [1.54, 1.807) is 12.1 Å². The van der Waals surface area contributed by atoms with Gasteiger partial charge in [0.05, 0.1) is 10.8 Å². The number of nitrogens with zero attached hydrogens (tertiary/aromatic N) is 1. The van der Waals surface area contributed by atoms with E-state index < -0.39 is 10.0 Å². The maximum absolute atomic E-state index is 12.8. The number of hydrogen-bond donors (Lipinski definition) is 1. The van der Waals surface area contributed by atoms with Gasteiger partial charge >= 0.3 is 0 Å². The van der Waals surface area contributed by atoms with Crippen LogP contribution in [0.25, 0.3) is 0 Å². The Bertz CT molecular complexity index is 897. The fourth-order valence-corrected chi connectivity index (χ4v) is 4.75. The van der Waals surface area contributed by atoms with Gasteiger partial charge in [-0.1, -0.05) is 23.7 Å². The zero-order valence-electron chi connectivity index (χ0n) is 14.5. The molecule has 0 bridgehead atoms. The molecule has 0 aliphatic carbocycles. The monoisotopic (exact) mass is 392 g/mol. The highest BCUT2D eigenvalue weighted by Crippen LogP contribution is 2.25. The van der Waals surface area contributed by atoms with Crippen LogP contribution in [0.3, 0.4) is 0 Å². The van der Waals surface area contributed by atoms with E-state index in [0.717, 1.165) is 11.3 Å². The number of sulfonamides is 1. The summed E-state index contributed by atoms with van der Waals surface area (Å²) in [6.45, 7) is 2.55. The van der Waals surface area contributed by atoms with Crippen molar-refractivity contribution in [2.45, 2.75) is 24.7 Å². The van der Waals surface area contributed by atoms with Crippen LogP contribution in [0.15, 0.2) is 53.4 Å².